The molecule has 0 aliphatic rings. The number of anilines is 1. The van der Waals surface area contributed by atoms with Gasteiger partial charge in [-0.25, -0.2) is 0 Å². The maximum atomic E-state index is 12.3. The molecule has 1 aromatic heterocycles. The van der Waals surface area contributed by atoms with Crippen molar-refractivity contribution in [2.75, 3.05) is 11.9 Å². The summed E-state index contributed by atoms with van der Waals surface area (Å²) in [5.41, 5.74) is 7.37. The molecular weight excluding hydrogens is 384 g/mol. The Morgan fingerprint density at radius 3 is 2.50 bits per heavy atom. The molecule has 4 aromatic rings. The zero-order valence-corrected chi connectivity index (χ0v) is 15.9. The van der Waals surface area contributed by atoms with E-state index in [1.165, 1.54) is 12.1 Å². The van der Waals surface area contributed by atoms with Crippen LogP contribution in [0, 0.1) is 0 Å². The predicted octanol–water partition coefficient (Wildman–Crippen LogP) is 3.41. The number of carbonyl (C=O) groups excluding carboxylic acids is 3. The van der Waals surface area contributed by atoms with Gasteiger partial charge in [-0.3, -0.25) is 14.4 Å². The number of amides is 2. The first-order valence-corrected chi connectivity index (χ1v) is 9.24. The number of furan rings is 1. The van der Waals surface area contributed by atoms with Crippen molar-refractivity contribution in [3.05, 3.63) is 78.1 Å². The highest BCUT2D eigenvalue weighted by Crippen LogP contribution is 2.30. The van der Waals surface area contributed by atoms with E-state index in [4.69, 9.17) is 14.9 Å². The molecule has 0 aliphatic heterocycles. The molecule has 1 heterocycles. The fourth-order valence-electron chi connectivity index (χ4n) is 3.27. The highest BCUT2D eigenvalue weighted by molar-refractivity contribution is 6.08. The van der Waals surface area contributed by atoms with Gasteiger partial charge in [0.25, 0.3) is 5.91 Å². The van der Waals surface area contributed by atoms with Gasteiger partial charge in [-0.05, 0) is 41.1 Å². The molecule has 150 valence electrons. The van der Waals surface area contributed by atoms with Gasteiger partial charge in [0, 0.05) is 22.2 Å². The van der Waals surface area contributed by atoms with Crippen LogP contribution in [0.25, 0.3) is 21.7 Å². The Morgan fingerprint density at radius 1 is 0.967 bits per heavy atom. The molecule has 30 heavy (non-hydrogen) atoms. The monoisotopic (exact) mass is 402 g/mol. The molecule has 0 aliphatic carbocycles. The number of ether oxygens (including phenoxy) is 1. The minimum absolute atomic E-state index is 0.0123. The van der Waals surface area contributed by atoms with E-state index in [2.05, 4.69) is 5.32 Å². The van der Waals surface area contributed by atoms with Gasteiger partial charge in [0.2, 0.25) is 5.91 Å². The van der Waals surface area contributed by atoms with Gasteiger partial charge in [0.15, 0.2) is 6.61 Å². The summed E-state index contributed by atoms with van der Waals surface area (Å²) in [5.74, 6) is -1.58. The van der Waals surface area contributed by atoms with Gasteiger partial charge < -0.3 is 20.2 Å². The van der Waals surface area contributed by atoms with Crippen LogP contribution in [0.15, 0.2) is 71.3 Å². The summed E-state index contributed by atoms with van der Waals surface area (Å²) in [7, 11) is 0. The first-order valence-electron chi connectivity index (χ1n) is 9.24. The lowest BCUT2D eigenvalue weighted by atomic mass is 10.0. The second-order valence-electron chi connectivity index (χ2n) is 6.75. The van der Waals surface area contributed by atoms with Crippen LogP contribution in [0.5, 0.6) is 0 Å². The van der Waals surface area contributed by atoms with E-state index < -0.39 is 24.4 Å². The molecule has 7 heteroatoms. The molecule has 0 saturated heterocycles. The van der Waals surface area contributed by atoms with Crippen molar-refractivity contribution >= 4 is 45.2 Å². The van der Waals surface area contributed by atoms with Crippen molar-refractivity contribution in [2.45, 2.75) is 6.42 Å². The molecule has 4 rings (SSSR count). The van der Waals surface area contributed by atoms with Crippen LogP contribution in [0.1, 0.15) is 15.9 Å². The van der Waals surface area contributed by atoms with Gasteiger partial charge >= 0.3 is 5.97 Å². The van der Waals surface area contributed by atoms with E-state index in [0.717, 1.165) is 16.2 Å². The number of benzene rings is 3. The van der Waals surface area contributed by atoms with Crippen molar-refractivity contribution in [3.63, 3.8) is 0 Å². The van der Waals surface area contributed by atoms with Crippen LogP contribution in [-0.4, -0.2) is 24.4 Å². The molecule has 3 N–H and O–H groups in total. The number of hydrogen-bond acceptors (Lipinski definition) is 5. The number of carbonyl (C=O) groups is 3. The molecule has 2 amide bonds. The molecule has 0 unspecified atom stereocenters. The Morgan fingerprint density at radius 2 is 1.73 bits per heavy atom. The Bertz CT molecular complexity index is 1260. The van der Waals surface area contributed by atoms with E-state index in [0.29, 0.717) is 22.4 Å². The smallest absolute Gasteiger partial charge is 0.310 e. The van der Waals surface area contributed by atoms with Crippen molar-refractivity contribution < 1.29 is 23.5 Å². The minimum Gasteiger partial charge on any atom is -0.464 e. The number of esters is 1. The molecule has 7 nitrogen and oxygen atoms in total. The summed E-state index contributed by atoms with van der Waals surface area (Å²) in [6, 6.07) is 17.7. The molecule has 0 bridgehead atoms. The number of nitrogens with one attached hydrogen (secondary N) is 1. The van der Waals surface area contributed by atoms with Gasteiger partial charge in [-0.2, -0.15) is 0 Å². The molecule has 0 radical (unpaired) electrons. The van der Waals surface area contributed by atoms with Gasteiger partial charge in [-0.1, -0.05) is 30.3 Å². The lowest BCUT2D eigenvalue weighted by Crippen LogP contribution is -2.21. The summed E-state index contributed by atoms with van der Waals surface area (Å²) in [4.78, 5) is 35.4. The summed E-state index contributed by atoms with van der Waals surface area (Å²) in [6.07, 6.45) is 1.53. The van der Waals surface area contributed by atoms with Crippen LogP contribution in [0.3, 0.4) is 0 Å². The number of fused-ring (bicyclic) bond motifs is 3. The van der Waals surface area contributed by atoms with Gasteiger partial charge in [0.05, 0.1) is 12.7 Å². The second kappa shape index (κ2) is 8.08. The van der Waals surface area contributed by atoms with E-state index in [-0.39, 0.29) is 6.42 Å². The first kappa shape index (κ1) is 19.2. The SMILES string of the molecule is NC(=O)c1ccc(NC(=O)COC(=O)Cc2coc3ccc4ccccc4c23)cc1. The first-order chi connectivity index (χ1) is 14.5. The van der Waals surface area contributed by atoms with Gasteiger partial charge in [0.1, 0.15) is 5.58 Å². The van der Waals surface area contributed by atoms with Gasteiger partial charge in [-0.15, -0.1) is 0 Å². The summed E-state index contributed by atoms with van der Waals surface area (Å²) in [5, 5.41) is 5.49. The Kier molecular flexibility index (Phi) is 5.17. The molecule has 0 fully saturated rings. The summed E-state index contributed by atoms with van der Waals surface area (Å²) in [6.45, 7) is -0.424. The molecular formula is C23H18N2O5. The number of primary amides is 1. The predicted molar refractivity (Wildman–Crippen MR) is 112 cm³/mol. The Labute approximate surface area is 171 Å². The standard InChI is InChI=1S/C23H18N2O5/c24-23(28)15-5-8-17(9-6-15)25-20(26)13-30-21(27)11-16-12-29-19-10-7-14-3-1-2-4-18(14)22(16)19/h1-10,12H,11,13H2,(H2,24,28)(H,25,26). The number of hydrogen-bond donors (Lipinski definition) is 2. The number of rotatable bonds is 6. The van der Waals surface area contributed by atoms with Crippen molar-refractivity contribution in [2.24, 2.45) is 5.73 Å². The van der Waals surface area contributed by atoms with E-state index in [9.17, 15) is 14.4 Å². The summed E-state index contributed by atoms with van der Waals surface area (Å²) >= 11 is 0. The molecule has 0 atom stereocenters. The molecule has 0 spiro atoms. The fourth-order valence-corrected chi connectivity index (χ4v) is 3.27. The maximum absolute atomic E-state index is 12.3. The van der Waals surface area contributed by atoms with Crippen molar-refractivity contribution in [1.82, 2.24) is 0 Å². The normalized spacial score (nSPS) is 10.8. The topological polar surface area (TPSA) is 112 Å². The third kappa shape index (κ3) is 4.00. The molecule has 0 saturated carbocycles. The maximum Gasteiger partial charge on any atom is 0.310 e. The number of nitrogens with two attached hydrogens (primary N) is 1. The summed E-state index contributed by atoms with van der Waals surface area (Å²) < 4.78 is 10.7. The largest absolute Gasteiger partial charge is 0.464 e. The van der Waals surface area contributed by atoms with E-state index in [1.807, 2.05) is 36.4 Å². The third-order valence-electron chi connectivity index (χ3n) is 4.69. The Balaban J connectivity index is 1.38. The zero-order chi connectivity index (χ0) is 21.1. The van der Waals surface area contributed by atoms with Crippen LogP contribution < -0.4 is 11.1 Å². The van der Waals surface area contributed by atoms with Crippen LogP contribution in [-0.2, 0) is 20.7 Å². The average molecular weight is 402 g/mol. The lowest BCUT2D eigenvalue weighted by Gasteiger charge is -2.07. The Hall–Kier alpha value is -4.13. The fraction of sp³-hybridized carbons (Fsp3) is 0.0870. The second-order valence-corrected chi connectivity index (χ2v) is 6.75. The van der Waals surface area contributed by atoms with Crippen LogP contribution >= 0.6 is 0 Å². The van der Waals surface area contributed by atoms with Crippen molar-refractivity contribution in [3.8, 4) is 0 Å². The van der Waals surface area contributed by atoms with Crippen molar-refractivity contribution in [1.29, 1.82) is 0 Å². The average Bonchev–Trinajstić information content (AvgIpc) is 3.16. The highest BCUT2D eigenvalue weighted by atomic mass is 16.5. The minimum atomic E-state index is -0.554. The van der Waals surface area contributed by atoms with Crippen LogP contribution in [0.2, 0.25) is 0 Å². The lowest BCUT2D eigenvalue weighted by molar-refractivity contribution is -0.146. The quantitative estimate of drug-likeness (QED) is 0.480. The van der Waals surface area contributed by atoms with E-state index >= 15 is 0 Å². The van der Waals surface area contributed by atoms with E-state index in [1.54, 1.807) is 18.4 Å². The highest BCUT2D eigenvalue weighted by Gasteiger charge is 2.15. The third-order valence-corrected chi connectivity index (χ3v) is 4.69. The molecule has 3 aromatic carbocycles. The van der Waals surface area contributed by atoms with Crippen LogP contribution in [0.4, 0.5) is 5.69 Å². The zero-order valence-electron chi connectivity index (χ0n) is 15.9.